The molecule has 0 amide bonds. The Morgan fingerprint density at radius 3 is 2.35 bits per heavy atom. The summed E-state index contributed by atoms with van der Waals surface area (Å²) in [6.45, 7) is 1.11. The Morgan fingerprint density at radius 1 is 1.00 bits per heavy atom. The molecular weight excluding hydrogens is 248 g/mol. The predicted octanol–water partition coefficient (Wildman–Crippen LogP) is 2.64. The Labute approximate surface area is 119 Å². The zero-order valence-electron chi connectivity index (χ0n) is 11.3. The summed E-state index contributed by atoms with van der Waals surface area (Å²) >= 11 is 0. The highest BCUT2D eigenvalue weighted by molar-refractivity contribution is 5.31. The molecule has 0 unspecified atom stereocenters. The minimum absolute atomic E-state index is 0.0355. The Hall–Kier alpha value is -2.15. The van der Waals surface area contributed by atoms with Crippen LogP contribution in [0.15, 0.2) is 54.6 Å². The second kappa shape index (κ2) is 7.44. The zero-order valence-corrected chi connectivity index (χ0v) is 11.3. The molecule has 3 nitrogen and oxygen atoms in total. The number of nitrogens with zero attached hydrogens (tertiary/aromatic N) is 1. The molecule has 2 aromatic carbocycles. The lowest BCUT2D eigenvalue weighted by atomic mass is 10.1. The van der Waals surface area contributed by atoms with Gasteiger partial charge in [-0.1, -0.05) is 42.5 Å². The second-order valence-corrected chi connectivity index (χ2v) is 4.77. The van der Waals surface area contributed by atoms with Crippen molar-refractivity contribution in [2.24, 2.45) is 5.73 Å². The summed E-state index contributed by atoms with van der Waals surface area (Å²) in [7, 11) is 0. The Balaban J connectivity index is 1.75. The number of rotatable bonds is 6. The molecule has 0 aliphatic rings. The van der Waals surface area contributed by atoms with Crippen LogP contribution < -0.4 is 5.73 Å². The summed E-state index contributed by atoms with van der Waals surface area (Å²) in [6, 6.07) is 19.6. The van der Waals surface area contributed by atoms with E-state index < -0.39 is 0 Å². The first kappa shape index (κ1) is 14.3. The lowest BCUT2D eigenvalue weighted by Crippen LogP contribution is -2.28. The van der Waals surface area contributed by atoms with Crippen LogP contribution in [0.3, 0.4) is 0 Å². The molecule has 0 radical (unpaired) electrons. The molecule has 0 heterocycles. The fraction of sp³-hybridized carbons (Fsp3) is 0.235. The molecule has 0 saturated carbocycles. The first-order valence-electron chi connectivity index (χ1n) is 6.64. The van der Waals surface area contributed by atoms with Crippen molar-refractivity contribution in [1.29, 1.82) is 5.26 Å². The van der Waals surface area contributed by atoms with Crippen LogP contribution in [-0.4, -0.2) is 12.6 Å². The van der Waals surface area contributed by atoms with Gasteiger partial charge in [0.1, 0.15) is 0 Å². The van der Waals surface area contributed by atoms with Gasteiger partial charge in [-0.15, -0.1) is 0 Å². The van der Waals surface area contributed by atoms with Crippen LogP contribution >= 0.6 is 0 Å². The largest absolute Gasteiger partial charge is 0.375 e. The molecule has 20 heavy (non-hydrogen) atoms. The van der Waals surface area contributed by atoms with E-state index in [0.717, 1.165) is 17.5 Å². The van der Waals surface area contributed by atoms with Gasteiger partial charge >= 0.3 is 0 Å². The molecule has 0 bridgehead atoms. The molecule has 2 rings (SSSR count). The minimum Gasteiger partial charge on any atom is -0.375 e. The van der Waals surface area contributed by atoms with Crippen molar-refractivity contribution in [1.82, 2.24) is 0 Å². The smallest absolute Gasteiger partial charge is 0.0991 e. The number of nitriles is 1. The molecule has 2 aromatic rings. The van der Waals surface area contributed by atoms with Gasteiger partial charge in [0.2, 0.25) is 0 Å². The summed E-state index contributed by atoms with van der Waals surface area (Å²) in [5, 5.41) is 8.74. The topological polar surface area (TPSA) is 59.0 Å². The molecule has 0 aliphatic heterocycles. The van der Waals surface area contributed by atoms with Crippen LogP contribution in [0.2, 0.25) is 0 Å². The number of ether oxygens (including phenoxy) is 1. The van der Waals surface area contributed by atoms with Crippen molar-refractivity contribution in [3.05, 3.63) is 71.3 Å². The van der Waals surface area contributed by atoms with E-state index in [9.17, 15) is 0 Å². The lowest BCUT2D eigenvalue weighted by molar-refractivity contribution is 0.108. The number of hydrogen-bond acceptors (Lipinski definition) is 3. The third-order valence-corrected chi connectivity index (χ3v) is 3.02. The summed E-state index contributed by atoms with van der Waals surface area (Å²) in [4.78, 5) is 0. The van der Waals surface area contributed by atoms with Crippen molar-refractivity contribution in [2.45, 2.75) is 19.1 Å². The van der Waals surface area contributed by atoms with E-state index in [4.69, 9.17) is 15.7 Å². The average Bonchev–Trinajstić information content (AvgIpc) is 2.49. The predicted molar refractivity (Wildman–Crippen MR) is 78.9 cm³/mol. The first-order chi connectivity index (χ1) is 9.78. The van der Waals surface area contributed by atoms with E-state index in [0.29, 0.717) is 18.8 Å². The number of hydrogen-bond donors (Lipinski definition) is 1. The van der Waals surface area contributed by atoms with Crippen LogP contribution in [0.5, 0.6) is 0 Å². The van der Waals surface area contributed by atoms with Gasteiger partial charge in [-0.25, -0.2) is 0 Å². The fourth-order valence-corrected chi connectivity index (χ4v) is 1.98. The van der Waals surface area contributed by atoms with Crippen LogP contribution in [0, 0.1) is 11.3 Å². The van der Waals surface area contributed by atoms with Crippen molar-refractivity contribution >= 4 is 0 Å². The van der Waals surface area contributed by atoms with Gasteiger partial charge in [0.15, 0.2) is 0 Å². The average molecular weight is 266 g/mol. The maximum absolute atomic E-state index is 8.74. The lowest BCUT2D eigenvalue weighted by Gasteiger charge is -2.12. The summed E-state index contributed by atoms with van der Waals surface area (Å²) in [5.74, 6) is 0. The van der Waals surface area contributed by atoms with Crippen LogP contribution in [0.25, 0.3) is 0 Å². The zero-order chi connectivity index (χ0) is 14.2. The van der Waals surface area contributed by atoms with Crippen molar-refractivity contribution in [3.63, 3.8) is 0 Å². The molecule has 0 spiro atoms. The van der Waals surface area contributed by atoms with E-state index in [-0.39, 0.29) is 6.04 Å². The maximum Gasteiger partial charge on any atom is 0.0991 e. The Bertz CT molecular complexity index is 558. The van der Waals surface area contributed by atoms with E-state index in [1.807, 2.05) is 54.6 Å². The van der Waals surface area contributed by atoms with Gasteiger partial charge in [0.25, 0.3) is 0 Å². The third-order valence-electron chi connectivity index (χ3n) is 3.02. The highest BCUT2D eigenvalue weighted by Gasteiger charge is 2.05. The monoisotopic (exact) mass is 266 g/mol. The Kier molecular flexibility index (Phi) is 5.31. The van der Waals surface area contributed by atoms with Gasteiger partial charge in [-0.05, 0) is 29.7 Å². The summed E-state index contributed by atoms with van der Waals surface area (Å²) < 4.78 is 5.62. The second-order valence-electron chi connectivity index (χ2n) is 4.77. The fourth-order valence-electron chi connectivity index (χ4n) is 1.98. The molecule has 3 heteroatoms. The normalized spacial score (nSPS) is 11.8. The van der Waals surface area contributed by atoms with Gasteiger partial charge in [-0.2, -0.15) is 5.26 Å². The van der Waals surface area contributed by atoms with E-state index >= 15 is 0 Å². The highest BCUT2D eigenvalue weighted by Crippen LogP contribution is 2.07. The van der Waals surface area contributed by atoms with E-state index in [2.05, 4.69) is 6.07 Å². The van der Waals surface area contributed by atoms with Crippen molar-refractivity contribution in [2.75, 3.05) is 6.61 Å². The molecule has 102 valence electrons. The van der Waals surface area contributed by atoms with Gasteiger partial charge in [0.05, 0.1) is 24.8 Å². The molecule has 2 N–H and O–H groups in total. The minimum atomic E-state index is -0.0355. The van der Waals surface area contributed by atoms with Crippen molar-refractivity contribution < 1.29 is 4.74 Å². The molecule has 0 saturated heterocycles. The van der Waals surface area contributed by atoms with E-state index in [1.165, 1.54) is 0 Å². The van der Waals surface area contributed by atoms with Gasteiger partial charge in [-0.3, -0.25) is 0 Å². The quantitative estimate of drug-likeness (QED) is 0.874. The van der Waals surface area contributed by atoms with Crippen LogP contribution in [-0.2, 0) is 17.8 Å². The van der Waals surface area contributed by atoms with Crippen LogP contribution in [0.1, 0.15) is 16.7 Å². The third kappa shape index (κ3) is 4.51. The standard InChI is InChI=1S/C17H18N2O/c18-11-15-8-6-14(7-9-15)10-17(19)13-20-12-16-4-2-1-3-5-16/h1-9,17H,10,12-13,19H2/t17-/m1/s1. The first-order valence-corrected chi connectivity index (χ1v) is 6.64. The molecule has 0 aromatic heterocycles. The SMILES string of the molecule is N#Cc1ccc(C[C@@H](N)COCc2ccccc2)cc1. The Morgan fingerprint density at radius 2 is 1.70 bits per heavy atom. The highest BCUT2D eigenvalue weighted by atomic mass is 16.5. The maximum atomic E-state index is 8.74. The van der Waals surface area contributed by atoms with Crippen LogP contribution in [0.4, 0.5) is 0 Å². The number of benzene rings is 2. The molecule has 1 atom stereocenters. The molecular formula is C17H18N2O. The van der Waals surface area contributed by atoms with Gasteiger partial charge < -0.3 is 10.5 Å². The summed E-state index contributed by atoms with van der Waals surface area (Å²) in [5.41, 5.74) is 9.00. The number of nitrogens with two attached hydrogens (primary N) is 1. The molecule has 0 aliphatic carbocycles. The summed E-state index contributed by atoms with van der Waals surface area (Å²) in [6.07, 6.45) is 0.750. The molecule has 0 fully saturated rings. The van der Waals surface area contributed by atoms with Crippen molar-refractivity contribution in [3.8, 4) is 6.07 Å². The van der Waals surface area contributed by atoms with Gasteiger partial charge in [0, 0.05) is 6.04 Å². The van der Waals surface area contributed by atoms with E-state index in [1.54, 1.807) is 0 Å².